The first-order valence-corrected chi connectivity index (χ1v) is 5.32. The molecule has 4 heteroatoms. The standard InChI is InChI=1S/C12H16O4/c1-12(15-8-11(7-13)16-12)6-9-3-2-4-10(14)5-9/h2-5,11,13-14H,6-8H2,1H3. The minimum Gasteiger partial charge on any atom is -0.508 e. The minimum atomic E-state index is -0.707. The maximum atomic E-state index is 9.35. The van der Waals surface area contributed by atoms with E-state index < -0.39 is 5.79 Å². The van der Waals surface area contributed by atoms with Gasteiger partial charge in [0.05, 0.1) is 13.2 Å². The topological polar surface area (TPSA) is 58.9 Å². The molecule has 1 aromatic rings. The van der Waals surface area contributed by atoms with Gasteiger partial charge in [0.15, 0.2) is 5.79 Å². The molecule has 1 aliphatic heterocycles. The number of aromatic hydroxyl groups is 1. The molecule has 2 rings (SSSR count). The Balaban J connectivity index is 2.04. The van der Waals surface area contributed by atoms with Gasteiger partial charge in [-0.15, -0.1) is 0 Å². The van der Waals surface area contributed by atoms with Crippen LogP contribution < -0.4 is 0 Å². The van der Waals surface area contributed by atoms with Gasteiger partial charge in [0.25, 0.3) is 0 Å². The summed E-state index contributed by atoms with van der Waals surface area (Å²) < 4.78 is 11.1. The van der Waals surface area contributed by atoms with Crippen molar-refractivity contribution < 1.29 is 19.7 Å². The lowest BCUT2D eigenvalue weighted by atomic mass is 10.1. The zero-order valence-corrected chi connectivity index (χ0v) is 9.22. The van der Waals surface area contributed by atoms with Gasteiger partial charge in [-0.3, -0.25) is 0 Å². The van der Waals surface area contributed by atoms with Crippen molar-refractivity contribution in [2.24, 2.45) is 0 Å². The summed E-state index contributed by atoms with van der Waals surface area (Å²) in [6, 6.07) is 7.00. The third-order valence-electron chi connectivity index (χ3n) is 2.63. The van der Waals surface area contributed by atoms with Crippen LogP contribution in [0.3, 0.4) is 0 Å². The van der Waals surface area contributed by atoms with E-state index in [2.05, 4.69) is 0 Å². The molecular formula is C12H16O4. The Morgan fingerprint density at radius 3 is 2.94 bits per heavy atom. The van der Waals surface area contributed by atoms with E-state index in [1.165, 1.54) is 0 Å². The normalized spacial score (nSPS) is 29.5. The van der Waals surface area contributed by atoms with Crippen LogP contribution in [0.25, 0.3) is 0 Å². The molecule has 2 N–H and O–H groups in total. The maximum absolute atomic E-state index is 9.35. The van der Waals surface area contributed by atoms with E-state index in [1.807, 2.05) is 13.0 Å². The van der Waals surface area contributed by atoms with Crippen molar-refractivity contribution in [2.45, 2.75) is 25.2 Å². The number of aliphatic hydroxyl groups excluding tert-OH is 1. The van der Waals surface area contributed by atoms with Gasteiger partial charge in [-0.25, -0.2) is 0 Å². The highest BCUT2D eigenvalue weighted by molar-refractivity contribution is 5.27. The van der Waals surface area contributed by atoms with Crippen molar-refractivity contribution in [3.63, 3.8) is 0 Å². The summed E-state index contributed by atoms with van der Waals surface area (Å²) in [6.45, 7) is 2.22. The molecule has 0 amide bonds. The van der Waals surface area contributed by atoms with Crippen LogP contribution in [0.4, 0.5) is 0 Å². The Morgan fingerprint density at radius 2 is 2.31 bits per heavy atom. The van der Waals surface area contributed by atoms with Gasteiger partial charge in [-0.1, -0.05) is 12.1 Å². The molecule has 1 fully saturated rings. The van der Waals surface area contributed by atoms with Gasteiger partial charge in [-0.2, -0.15) is 0 Å². The zero-order chi connectivity index (χ0) is 11.6. The van der Waals surface area contributed by atoms with Gasteiger partial charge >= 0.3 is 0 Å². The molecule has 2 atom stereocenters. The van der Waals surface area contributed by atoms with Crippen LogP contribution in [-0.4, -0.2) is 35.3 Å². The lowest BCUT2D eigenvalue weighted by Crippen LogP contribution is -2.30. The second kappa shape index (κ2) is 4.41. The highest BCUT2D eigenvalue weighted by Gasteiger charge is 2.36. The smallest absolute Gasteiger partial charge is 0.170 e. The molecule has 0 aromatic heterocycles. The van der Waals surface area contributed by atoms with Crippen LogP contribution in [-0.2, 0) is 15.9 Å². The van der Waals surface area contributed by atoms with Crippen LogP contribution in [0.15, 0.2) is 24.3 Å². The summed E-state index contributed by atoms with van der Waals surface area (Å²) in [4.78, 5) is 0. The Hall–Kier alpha value is -1.10. The molecule has 0 spiro atoms. The Kier molecular flexibility index (Phi) is 3.14. The number of rotatable bonds is 3. The van der Waals surface area contributed by atoms with Crippen molar-refractivity contribution in [3.05, 3.63) is 29.8 Å². The molecule has 4 nitrogen and oxygen atoms in total. The molecule has 1 saturated heterocycles. The summed E-state index contributed by atoms with van der Waals surface area (Å²) in [6.07, 6.45) is 0.306. The fourth-order valence-corrected chi connectivity index (χ4v) is 1.91. The number of ether oxygens (including phenoxy) is 2. The molecular weight excluding hydrogens is 208 g/mol. The van der Waals surface area contributed by atoms with Gasteiger partial charge in [-0.05, 0) is 24.6 Å². The van der Waals surface area contributed by atoms with E-state index in [0.717, 1.165) is 5.56 Å². The third kappa shape index (κ3) is 2.52. The average Bonchev–Trinajstić information content (AvgIpc) is 2.60. The molecule has 1 aromatic carbocycles. The predicted octanol–water partition coefficient (Wildman–Crippen LogP) is 1.06. The Bertz CT molecular complexity index is 366. The SMILES string of the molecule is CC1(Cc2cccc(O)c2)OCC(CO)O1. The first-order chi connectivity index (χ1) is 7.61. The zero-order valence-electron chi connectivity index (χ0n) is 9.22. The summed E-state index contributed by atoms with van der Waals surface area (Å²) in [5, 5.41) is 18.3. The quantitative estimate of drug-likeness (QED) is 0.806. The van der Waals surface area contributed by atoms with E-state index in [1.54, 1.807) is 18.2 Å². The van der Waals surface area contributed by atoms with Crippen molar-refractivity contribution in [1.29, 1.82) is 0 Å². The second-order valence-electron chi connectivity index (χ2n) is 4.21. The fraction of sp³-hybridized carbons (Fsp3) is 0.500. The van der Waals surface area contributed by atoms with Gasteiger partial charge < -0.3 is 19.7 Å². The average molecular weight is 224 g/mol. The van der Waals surface area contributed by atoms with Gasteiger partial charge in [0.1, 0.15) is 11.9 Å². The second-order valence-corrected chi connectivity index (χ2v) is 4.21. The molecule has 0 radical (unpaired) electrons. The number of phenolic OH excluding ortho intramolecular Hbond substituents is 1. The van der Waals surface area contributed by atoms with Crippen molar-refractivity contribution in [2.75, 3.05) is 13.2 Å². The molecule has 88 valence electrons. The largest absolute Gasteiger partial charge is 0.508 e. The van der Waals surface area contributed by atoms with E-state index >= 15 is 0 Å². The van der Waals surface area contributed by atoms with Crippen LogP contribution in [0.2, 0.25) is 0 Å². The van der Waals surface area contributed by atoms with Gasteiger partial charge in [0.2, 0.25) is 0 Å². The predicted molar refractivity (Wildman–Crippen MR) is 58.1 cm³/mol. The first-order valence-electron chi connectivity index (χ1n) is 5.32. The van der Waals surface area contributed by atoms with Gasteiger partial charge in [0, 0.05) is 6.42 Å². The molecule has 16 heavy (non-hydrogen) atoms. The highest BCUT2D eigenvalue weighted by Crippen LogP contribution is 2.28. The minimum absolute atomic E-state index is 0.0321. The van der Waals surface area contributed by atoms with Crippen LogP contribution >= 0.6 is 0 Å². The molecule has 0 bridgehead atoms. The van der Waals surface area contributed by atoms with Crippen molar-refractivity contribution >= 4 is 0 Å². The number of aliphatic hydroxyl groups is 1. The number of hydrogen-bond acceptors (Lipinski definition) is 4. The van der Waals surface area contributed by atoms with Crippen LogP contribution in [0.5, 0.6) is 5.75 Å². The van der Waals surface area contributed by atoms with Crippen molar-refractivity contribution in [1.82, 2.24) is 0 Å². The van der Waals surface area contributed by atoms with E-state index in [4.69, 9.17) is 14.6 Å². The van der Waals surface area contributed by atoms with Crippen LogP contribution in [0, 0.1) is 0 Å². The van der Waals surface area contributed by atoms with E-state index in [0.29, 0.717) is 13.0 Å². The Labute approximate surface area is 94.4 Å². The lowest BCUT2D eigenvalue weighted by Gasteiger charge is -2.23. The molecule has 0 saturated carbocycles. The first kappa shape index (κ1) is 11.4. The summed E-state index contributed by atoms with van der Waals surface area (Å²) in [5.74, 6) is -0.473. The van der Waals surface area contributed by atoms with E-state index in [-0.39, 0.29) is 18.5 Å². The number of hydrogen-bond donors (Lipinski definition) is 2. The highest BCUT2D eigenvalue weighted by atomic mass is 16.7. The number of benzene rings is 1. The van der Waals surface area contributed by atoms with Crippen molar-refractivity contribution in [3.8, 4) is 5.75 Å². The van der Waals surface area contributed by atoms with E-state index in [9.17, 15) is 5.11 Å². The molecule has 2 unspecified atom stereocenters. The number of phenols is 1. The monoisotopic (exact) mass is 224 g/mol. The molecule has 0 aliphatic carbocycles. The third-order valence-corrected chi connectivity index (χ3v) is 2.63. The Morgan fingerprint density at radius 1 is 1.50 bits per heavy atom. The lowest BCUT2D eigenvalue weighted by molar-refractivity contribution is -0.156. The summed E-state index contributed by atoms with van der Waals surface area (Å²) in [7, 11) is 0. The van der Waals surface area contributed by atoms with Crippen LogP contribution in [0.1, 0.15) is 12.5 Å². The molecule has 1 aliphatic rings. The fourth-order valence-electron chi connectivity index (χ4n) is 1.91. The summed E-state index contributed by atoms with van der Waals surface area (Å²) in [5.41, 5.74) is 0.945. The maximum Gasteiger partial charge on any atom is 0.170 e. The molecule has 1 heterocycles. The summed E-state index contributed by atoms with van der Waals surface area (Å²) >= 11 is 0.